The Balaban J connectivity index is 1.01. The molecule has 2 aromatic rings. The highest BCUT2D eigenvalue weighted by Gasteiger charge is 2.49. The molecular weight excluding hydrogens is 805 g/mol. The van der Waals surface area contributed by atoms with Gasteiger partial charge >= 0.3 is 6.09 Å². The number of amides is 2. The minimum atomic E-state index is -4.42. The summed E-state index contributed by atoms with van der Waals surface area (Å²) < 4.78 is 74.7. The van der Waals surface area contributed by atoms with Gasteiger partial charge in [0, 0.05) is 60.6 Å². The SMILES string of the molecule is C[N+]1=C(/C=C/C=C/C=C2\N(CCCCCC(=O)NCCNC(=O)OCC3[C@H]4CC/C=C\CC[C@@H]34)c3ccc(S(=O)(=O)O)cc3C2(C)C)C(C)(C)c2cc(S(=O)(=O)O)ccc21. The molecule has 2 amide bonds. The highest BCUT2D eigenvalue weighted by atomic mass is 32.2. The Bertz CT molecular complexity index is 2350. The van der Waals surface area contributed by atoms with E-state index >= 15 is 0 Å². The van der Waals surface area contributed by atoms with Crippen LogP contribution in [0.15, 0.2) is 94.4 Å². The summed E-state index contributed by atoms with van der Waals surface area (Å²) in [5.41, 5.74) is 3.98. The third-order valence-corrected chi connectivity index (χ3v) is 14.3. The predicted octanol–water partition coefficient (Wildman–Crippen LogP) is 7.38. The highest BCUT2D eigenvalue weighted by molar-refractivity contribution is 7.86. The molecule has 2 aliphatic carbocycles. The van der Waals surface area contributed by atoms with Gasteiger partial charge in [-0.05, 0) is 112 Å². The Morgan fingerprint density at radius 3 is 2.13 bits per heavy atom. The van der Waals surface area contributed by atoms with Gasteiger partial charge in [-0.3, -0.25) is 13.9 Å². The first-order valence-electron chi connectivity index (χ1n) is 20.8. The van der Waals surface area contributed by atoms with E-state index in [9.17, 15) is 35.5 Å². The number of nitrogens with zero attached hydrogens (tertiary/aromatic N) is 2. The fourth-order valence-corrected chi connectivity index (χ4v) is 10.3. The summed E-state index contributed by atoms with van der Waals surface area (Å²) in [6.07, 6.45) is 20.8. The van der Waals surface area contributed by atoms with Crippen LogP contribution in [0.5, 0.6) is 0 Å². The number of hydrogen-bond acceptors (Lipinski definition) is 8. The van der Waals surface area contributed by atoms with E-state index in [1.165, 1.54) is 24.3 Å². The van der Waals surface area contributed by atoms with Gasteiger partial charge in [-0.15, -0.1) is 0 Å². The van der Waals surface area contributed by atoms with Crippen LogP contribution in [-0.4, -0.2) is 81.5 Å². The first-order chi connectivity index (χ1) is 28.3. The van der Waals surface area contributed by atoms with Crippen molar-refractivity contribution in [1.82, 2.24) is 10.6 Å². The zero-order chi connectivity index (χ0) is 43.5. The van der Waals surface area contributed by atoms with Crippen molar-refractivity contribution >= 4 is 49.3 Å². The number of rotatable bonds is 16. The molecule has 2 heterocycles. The van der Waals surface area contributed by atoms with Crippen LogP contribution < -0.4 is 15.5 Å². The largest absolute Gasteiger partial charge is 0.449 e. The number of allylic oxidation sites excluding steroid dienone is 8. The minimum Gasteiger partial charge on any atom is -0.449 e. The van der Waals surface area contributed by atoms with Gasteiger partial charge in [-0.1, -0.05) is 50.6 Å². The summed E-state index contributed by atoms with van der Waals surface area (Å²) in [7, 11) is -6.86. The van der Waals surface area contributed by atoms with E-state index in [-0.39, 0.29) is 22.2 Å². The summed E-state index contributed by atoms with van der Waals surface area (Å²) in [5.74, 6) is 1.69. The van der Waals surface area contributed by atoms with Crippen molar-refractivity contribution in [2.75, 3.05) is 38.2 Å². The number of unbranched alkanes of at least 4 members (excludes halogenated alkanes) is 2. The van der Waals surface area contributed by atoms with Gasteiger partial charge in [0.05, 0.1) is 21.8 Å². The van der Waals surface area contributed by atoms with E-state index < -0.39 is 37.2 Å². The summed E-state index contributed by atoms with van der Waals surface area (Å²) in [5, 5.41) is 5.60. The molecule has 60 heavy (non-hydrogen) atoms. The molecule has 4 N–H and O–H groups in total. The molecule has 3 atom stereocenters. The average Bonchev–Trinajstić information content (AvgIpc) is 3.71. The molecule has 0 bridgehead atoms. The number of alkyl carbamates (subject to hydrolysis) is 1. The zero-order valence-electron chi connectivity index (χ0n) is 35.2. The molecular formula is C45H59N4O9S2+. The minimum absolute atomic E-state index is 0.0887. The van der Waals surface area contributed by atoms with E-state index in [2.05, 4.69) is 27.7 Å². The lowest BCUT2D eigenvalue weighted by Gasteiger charge is -2.27. The van der Waals surface area contributed by atoms with E-state index in [0.717, 1.165) is 72.4 Å². The molecule has 13 nitrogen and oxygen atoms in total. The summed E-state index contributed by atoms with van der Waals surface area (Å²) >= 11 is 0. The van der Waals surface area contributed by atoms with Crippen LogP contribution in [0.25, 0.3) is 0 Å². The Kier molecular flexibility index (Phi) is 13.6. The smallest absolute Gasteiger partial charge is 0.407 e. The van der Waals surface area contributed by atoms with Crippen molar-refractivity contribution in [3.63, 3.8) is 0 Å². The molecule has 1 saturated carbocycles. The summed E-state index contributed by atoms with van der Waals surface area (Å²) in [6, 6.07) is 9.26. The number of hydrogen-bond donors (Lipinski definition) is 4. The van der Waals surface area contributed by atoms with Crippen molar-refractivity contribution in [1.29, 1.82) is 0 Å². The molecule has 0 spiro atoms. The quantitative estimate of drug-likeness (QED) is 0.0437. The van der Waals surface area contributed by atoms with Gasteiger partial charge in [0.2, 0.25) is 11.6 Å². The average molecular weight is 864 g/mol. The molecule has 324 valence electrons. The molecule has 15 heteroatoms. The van der Waals surface area contributed by atoms with Gasteiger partial charge in [0.1, 0.15) is 7.05 Å². The molecule has 2 aromatic carbocycles. The number of nitrogens with one attached hydrogen (secondary N) is 2. The normalized spacial score (nSPS) is 22.9. The van der Waals surface area contributed by atoms with Crippen LogP contribution in [0.4, 0.5) is 16.2 Å². The maximum absolute atomic E-state index is 12.6. The van der Waals surface area contributed by atoms with Crippen LogP contribution in [0.3, 0.4) is 0 Å². The van der Waals surface area contributed by atoms with Crippen molar-refractivity contribution < 1.29 is 44.8 Å². The van der Waals surface area contributed by atoms with Gasteiger partial charge in [-0.2, -0.15) is 21.4 Å². The fraction of sp³-hybridized carbons (Fsp3) is 0.489. The molecule has 1 fully saturated rings. The van der Waals surface area contributed by atoms with Gasteiger partial charge < -0.3 is 20.3 Å². The zero-order valence-corrected chi connectivity index (χ0v) is 36.8. The molecule has 4 aliphatic rings. The Hall–Kier alpha value is -4.57. The number of anilines is 1. The number of carbonyl (C=O) groups excluding carboxylic acids is 2. The predicted molar refractivity (Wildman–Crippen MR) is 232 cm³/mol. The molecule has 0 radical (unpaired) electrons. The molecule has 0 saturated heterocycles. The summed E-state index contributed by atoms with van der Waals surface area (Å²) in [6.45, 7) is 9.68. The number of fused-ring (bicyclic) bond motifs is 3. The van der Waals surface area contributed by atoms with E-state index in [0.29, 0.717) is 50.3 Å². The number of carbonyl (C=O) groups is 2. The molecule has 6 rings (SSSR count). The third-order valence-electron chi connectivity index (χ3n) is 12.6. The van der Waals surface area contributed by atoms with Crippen LogP contribution in [0.1, 0.15) is 90.2 Å². The van der Waals surface area contributed by atoms with Gasteiger partial charge in [-0.25, -0.2) is 4.79 Å². The van der Waals surface area contributed by atoms with Crippen LogP contribution in [-0.2, 0) is 40.6 Å². The Morgan fingerprint density at radius 2 is 1.47 bits per heavy atom. The lowest BCUT2D eigenvalue weighted by Crippen LogP contribution is -2.35. The standard InChI is InChI=1S/C45H58N4O9S2/c1-44(2)36-28-31(59(52,53)54)21-23-38(36)48(5)40(44)18-12-8-13-19-41-45(3,4)37-29-32(60(55,56)57)22-24-39(37)49(41)27-15-9-14-20-42(50)46-25-26-47-43(51)58-30-35-33-16-10-6-7-11-17-34(33)35/h6-8,12-13,18-19,21-24,28-29,33-35H,9-11,14-17,20,25-27,30H2,1-5H3,(H3-,46,47,50,51,52,53,54,55,56,57)/p+1/b7-6-/t33-,34+,35?. The van der Waals surface area contributed by atoms with Crippen LogP contribution >= 0.6 is 0 Å². The lowest BCUT2D eigenvalue weighted by atomic mass is 9.81. The van der Waals surface area contributed by atoms with Crippen molar-refractivity contribution in [3.8, 4) is 0 Å². The van der Waals surface area contributed by atoms with Crippen molar-refractivity contribution in [2.45, 2.75) is 99.7 Å². The second-order valence-electron chi connectivity index (χ2n) is 17.3. The first-order valence-corrected chi connectivity index (χ1v) is 23.7. The van der Waals surface area contributed by atoms with E-state index in [1.54, 1.807) is 12.1 Å². The second-order valence-corrected chi connectivity index (χ2v) is 20.1. The van der Waals surface area contributed by atoms with Crippen LogP contribution in [0.2, 0.25) is 0 Å². The summed E-state index contributed by atoms with van der Waals surface area (Å²) in [4.78, 5) is 26.6. The molecule has 2 aliphatic heterocycles. The Labute approximate surface area is 354 Å². The van der Waals surface area contributed by atoms with Crippen molar-refractivity contribution in [2.24, 2.45) is 17.8 Å². The second kappa shape index (κ2) is 18.2. The van der Waals surface area contributed by atoms with E-state index in [4.69, 9.17) is 4.74 Å². The van der Waals surface area contributed by atoms with E-state index in [1.807, 2.05) is 69.7 Å². The van der Waals surface area contributed by atoms with Crippen LogP contribution in [0, 0.1) is 17.8 Å². The van der Waals surface area contributed by atoms with Gasteiger partial charge in [0.25, 0.3) is 20.2 Å². The number of ether oxygens (including phenoxy) is 1. The molecule has 0 aromatic heterocycles. The number of benzene rings is 2. The maximum atomic E-state index is 12.6. The molecule has 1 unspecified atom stereocenters. The monoisotopic (exact) mass is 863 g/mol. The lowest BCUT2D eigenvalue weighted by molar-refractivity contribution is -0.401. The third kappa shape index (κ3) is 10.1. The fourth-order valence-electron chi connectivity index (χ4n) is 9.24. The Morgan fingerprint density at radius 1 is 0.833 bits per heavy atom. The topological polar surface area (TPSA) is 182 Å². The maximum Gasteiger partial charge on any atom is 0.407 e. The highest BCUT2D eigenvalue weighted by Crippen LogP contribution is 2.53. The first kappa shape index (κ1) is 45.0. The van der Waals surface area contributed by atoms with Gasteiger partial charge in [0.15, 0.2) is 5.71 Å². The van der Waals surface area contributed by atoms with Crippen molar-refractivity contribution in [3.05, 3.63) is 95.8 Å².